The molecule has 1 saturated heterocycles. The molecule has 0 saturated carbocycles. The summed E-state index contributed by atoms with van der Waals surface area (Å²) < 4.78 is 2.02. The summed E-state index contributed by atoms with van der Waals surface area (Å²) in [6.07, 6.45) is 7.60. The Kier molecular flexibility index (Phi) is 3.99. The predicted molar refractivity (Wildman–Crippen MR) is 97.6 cm³/mol. The van der Waals surface area contributed by atoms with Crippen molar-refractivity contribution >= 4 is 16.8 Å². The summed E-state index contributed by atoms with van der Waals surface area (Å²) in [6.45, 7) is 3.47. The molecule has 25 heavy (non-hydrogen) atoms. The molecule has 0 aliphatic carbocycles. The number of aromatic nitrogens is 3. The maximum absolute atomic E-state index is 13.1. The van der Waals surface area contributed by atoms with Crippen LogP contribution >= 0.6 is 0 Å². The highest BCUT2D eigenvalue weighted by molar-refractivity contribution is 6.07. The summed E-state index contributed by atoms with van der Waals surface area (Å²) in [5, 5.41) is 1.02. The molecule has 0 radical (unpaired) electrons. The molecular formula is C20H22N4O. The van der Waals surface area contributed by atoms with Gasteiger partial charge in [-0.15, -0.1) is 0 Å². The van der Waals surface area contributed by atoms with E-state index in [0.717, 1.165) is 47.2 Å². The number of rotatable bonds is 2. The van der Waals surface area contributed by atoms with Gasteiger partial charge in [-0.3, -0.25) is 14.8 Å². The van der Waals surface area contributed by atoms with E-state index in [1.807, 2.05) is 60.1 Å². The van der Waals surface area contributed by atoms with Crippen LogP contribution in [-0.2, 0) is 7.05 Å². The maximum atomic E-state index is 13.1. The Bertz CT molecular complexity index is 930. The van der Waals surface area contributed by atoms with Crippen molar-refractivity contribution in [3.8, 4) is 0 Å². The van der Waals surface area contributed by atoms with Crippen molar-refractivity contribution in [1.82, 2.24) is 19.4 Å². The van der Waals surface area contributed by atoms with Crippen LogP contribution in [0.3, 0.4) is 0 Å². The first-order valence-corrected chi connectivity index (χ1v) is 8.75. The Hall–Kier alpha value is -2.69. The lowest BCUT2D eigenvalue weighted by Gasteiger charge is -2.32. The maximum Gasteiger partial charge on any atom is 0.256 e. The minimum atomic E-state index is 0.113. The van der Waals surface area contributed by atoms with Crippen molar-refractivity contribution in [1.29, 1.82) is 0 Å². The number of nitrogens with zero attached hydrogens (tertiary/aromatic N) is 4. The van der Waals surface area contributed by atoms with Gasteiger partial charge in [-0.2, -0.15) is 0 Å². The van der Waals surface area contributed by atoms with E-state index in [4.69, 9.17) is 0 Å². The Labute approximate surface area is 147 Å². The van der Waals surface area contributed by atoms with Crippen LogP contribution in [0.2, 0.25) is 0 Å². The van der Waals surface area contributed by atoms with Gasteiger partial charge in [0.15, 0.2) is 0 Å². The molecule has 2 aromatic heterocycles. The smallest absolute Gasteiger partial charge is 0.256 e. The highest BCUT2D eigenvalue weighted by Gasteiger charge is 2.28. The third-order valence-electron chi connectivity index (χ3n) is 5.03. The standard InChI is InChI=1S/C20H22N4O/c1-14-10-21-11-18(22-14)15-6-5-9-24(12-15)20(25)17-13-23(2)19-8-4-3-7-16(17)19/h3-4,7-8,10-11,13,15H,5-6,9,12H2,1-2H3/t15-/m0/s1. The zero-order chi connectivity index (χ0) is 17.4. The molecule has 1 aromatic carbocycles. The molecular weight excluding hydrogens is 312 g/mol. The molecule has 0 N–H and O–H groups in total. The van der Waals surface area contributed by atoms with Crippen molar-refractivity contribution in [2.45, 2.75) is 25.7 Å². The van der Waals surface area contributed by atoms with E-state index >= 15 is 0 Å². The number of piperidine rings is 1. The summed E-state index contributed by atoms with van der Waals surface area (Å²) in [5.74, 6) is 0.377. The van der Waals surface area contributed by atoms with Crippen LogP contribution < -0.4 is 0 Å². The van der Waals surface area contributed by atoms with Gasteiger partial charge in [0.05, 0.1) is 17.0 Å². The summed E-state index contributed by atoms with van der Waals surface area (Å²) in [4.78, 5) is 24.0. The lowest BCUT2D eigenvalue weighted by molar-refractivity contribution is 0.0707. The number of hydrogen-bond acceptors (Lipinski definition) is 3. The molecule has 1 aliphatic heterocycles. The van der Waals surface area contributed by atoms with Crippen LogP contribution in [0, 0.1) is 6.92 Å². The van der Waals surface area contributed by atoms with Gasteiger partial charge < -0.3 is 9.47 Å². The van der Waals surface area contributed by atoms with Crippen molar-refractivity contribution in [2.75, 3.05) is 13.1 Å². The molecule has 0 bridgehead atoms. The summed E-state index contributed by atoms with van der Waals surface area (Å²) in [7, 11) is 1.99. The molecule has 5 heteroatoms. The molecule has 4 rings (SSSR count). The van der Waals surface area contributed by atoms with Crippen LogP contribution in [0.4, 0.5) is 0 Å². The van der Waals surface area contributed by atoms with E-state index in [9.17, 15) is 4.79 Å². The summed E-state index contributed by atoms with van der Waals surface area (Å²) >= 11 is 0. The number of para-hydroxylation sites is 1. The molecule has 1 aliphatic rings. The van der Waals surface area contributed by atoms with E-state index in [2.05, 4.69) is 9.97 Å². The number of fused-ring (bicyclic) bond motifs is 1. The zero-order valence-corrected chi connectivity index (χ0v) is 14.6. The van der Waals surface area contributed by atoms with Gasteiger partial charge in [0.25, 0.3) is 5.91 Å². The van der Waals surface area contributed by atoms with E-state index in [1.165, 1.54) is 0 Å². The lowest BCUT2D eigenvalue weighted by Crippen LogP contribution is -2.39. The fourth-order valence-corrected chi connectivity index (χ4v) is 3.77. The number of amides is 1. The monoisotopic (exact) mass is 334 g/mol. The Morgan fingerprint density at radius 3 is 2.92 bits per heavy atom. The first-order chi connectivity index (χ1) is 12.1. The molecule has 0 spiro atoms. The van der Waals surface area contributed by atoms with Gasteiger partial charge in [-0.05, 0) is 25.8 Å². The second-order valence-electron chi connectivity index (χ2n) is 6.85. The Morgan fingerprint density at radius 1 is 1.24 bits per heavy atom. The van der Waals surface area contributed by atoms with Gasteiger partial charge in [0, 0.05) is 55.5 Å². The van der Waals surface area contributed by atoms with E-state index in [1.54, 1.807) is 6.20 Å². The van der Waals surface area contributed by atoms with E-state index in [-0.39, 0.29) is 11.8 Å². The first kappa shape index (κ1) is 15.8. The molecule has 3 aromatic rings. The molecule has 3 heterocycles. The Balaban J connectivity index is 1.61. The number of carbonyl (C=O) groups is 1. The van der Waals surface area contributed by atoms with Gasteiger partial charge in [0.1, 0.15) is 0 Å². The highest BCUT2D eigenvalue weighted by Crippen LogP contribution is 2.28. The van der Waals surface area contributed by atoms with Crippen LogP contribution in [0.1, 0.15) is 40.5 Å². The first-order valence-electron chi connectivity index (χ1n) is 8.75. The van der Waals surface area contributed by atoms with Crippen molar-refractivity contribution in [3.05, 3.63) is 59.8 Å². The number of carbonyl (C=O) groups excluding carboxylic acids is 1. The van der Waals surface area contributed by atoms with Gasteiger partial charge in [-0.25, -0.2) is 0 Å². The van der Waals surface area contributed by atoms with Crippen molar-refractivity contribution in [2.24, 2.45) is 7.05 Å². The predicted octanol–water partition coefficient (Wildman–Crippen LogP) is 3.30. The summed E-state index contributed by atoms with van der Waals surface area (Å²) in [5.41, 5.74) is 3.79. The second-order valence-corrected chi connectivity index (χ2v) is 6.85. The number of aryl methyl sites for hydroxylation is 2. The second kappa shape index (κ2) is 6.31. The SMILES string of the molecule is Cc1cncc([C@H]2CCCN(C(=O)c3cn(C)c4ccccc34)C2)n1. The minimum absolute atomic E-state index is 0.113. The fourth-order valence-electron chi connectivity index (χ4n) is 3.77. The summed E-state index contributed by atoms with van der Waals surface area (Å²) in [6, 6.07) is 8.06. The third-order valence-corrected chi connectivity index (χ3v) is 5.03. The number of benzene rings is 1. The average molecular weight is 334 g/mol. The quantitative estimate of drug-likeness (QED) is 0.722. The molecule has 0 unspecified atom stereocenters. The van der Waals surface area contributed by atoms with Gasteiger partial charge in [-0.1, -0.05) is 18.2 Å². The van der Waals surface area contributed by atoms with Gasteiger partial charge >= 0.3 is 0 Å². The molecule has 1 amide bonds. The van der Waals surface area contributed by atoms with Crippen LogP contribution in [0.15, 0.2) is 42.9 Å². The average Bonchev–Trinajstić information content (AvgIpc) is 2.98. The van der Waals surface area contributed by atoms with Crippen LogP contribution in [0.5, 0.6) is 0 Å². The fraction of sp³-hybridized carbons (Fsp3) is 0.350. The molecule has 1 atom stereocenters. The van der Waals surface area contributed by atoms with Gasteiger partial charge in [0.2, 0.25) is 0 Å². The highest BCUT2D eigenvalue weighted by atomic mass is 16.2. The third kappa shape index (κ3) is 2.90. The van der Waals surface area contributed by atoms with Crippen LogP contribution in [-0.4, -0.2) is 38.4 Å². The molecule has 128 valence electrons. The van der Waals surface area contributed by atoms with Crippen molar-refractivity contribution < 1.29 is 4.79 Å². The largest absolute Gasteiger partial charge is 0.350 e. The van der Waals surface area contributed by atoms with Crippen molar-refractivity contribution in [3.63, 3.8) is 0 Å². The number of hydrogen-bond donors (Lipinski definition) is 0. The van der Waals surface area contributed by atoms with Crippen LogP contribution in [0.25, 0.3) is 10.9 Å². The lowest BCUT2D eigenvalue weighted by atomic mass is 9.94. The van der Waals surface area contributed by atoms with E-state index < -0.39 is 0 Å². The molecule has 1 fully saturated rings. The van der Waals surface area contributed by atoms with E-state index in [0.29, 0.717) is 6.54 Å². The normalized spacial score (nSPS) is 17.8. The Morgan fingerprint density at radius 2 is 2.08 bits per heavy atom. The number of likely N-dealkylation sites (tertiary alicyclic amines) is 1. The minimum Gasteiger partial charge on any atom is -0.350 e. The molecule has 5 nitrogen and oxygen atoms in total. The zero-order valence-electron chi connectivity index (χ0n) is 14.6. The topological polar surface area (TPSA) is 51.0 Å².